The first-order chi connectivity index (χ1) is 9.65. The highest BCUT2D eigenvalue weighted by molar-refractivity contribution is 9.10. The van der Waals surface area contributed by atoms with E-state index in [9.17, 15) is 0 Å². The van der Waals surface area contributed by atoms with E-state index in [4.69, 9.17) is 16.3 Å². The smallest absolute Gasteiger partial charge is 0.124 e. The number of halogens is 2. The standard InChI is InChI=1S/C16H17BrClNO/c1-3-20-15-8-7-12(17)10-14(15)16(19-2)11-5-4-6-13(18)9-11/h4-10,16,19H,3H2,1-2H3. The van der Waals surface area contributed by atoms with Crippen molar-refractivity contribution >= 4 is 27.5 Å². The van der Waals surface area contributed by atoms with Gasteiger partial charge in [-0.25, -0.2) is 0 Å². The SMILES string of the molecule is CCOc1ccc(Br)cc1C(NC)c1cccc(Cl)c1. The first kappa shape index (κ1) is 15.4. The van der Waals surface area contributed by atoms with Crippen LogP contribution in [0.5, 0.6) is 5.75 Å². The molecule has 1 N–H and O–H groups in total. The molecule has 2 nitrogen and oxygen atoms in total. The van der Waals surface area contributed by atoms with Gasteiger partial charge in [-0.05, 0) is 49.9 Å². The van der Waals surface area contributed by atoms with Crippen molar-refractivity contribution in [2.45, 2.75) is 13.0 Å². The Morgan fingerprint density at radius 3 is 2.70 bits per heavy atom. The third kappa shape index (κ3) is 3.54. The van der Waals surface area contributed by atoms with E-state index in [1.807, 2.05) is 44.3 Å². The molecule has 0 heterocycles. The van der Waals surface area contributed by atoms with Gasteiger partial charge < -0.3 is 10.1 Å². The normalized spacial score (nSPS) is 12.2. The molecule has 0 radical (unpaired) electrons. The summed E-state index contributed by atoms with van der Waals surface area (Å²) in [6.07, 6.45) is 0. The van der Waals surface area contributed by atoms with E-state index in [0.717, 1.165) is 26.4 Å². The van der Waals surface area contributed by atoms with Crippen molar-refractivity contribution in [3.05, 3.63) is 63.1 Å². The predicted octanol–water partition coefficient (Wildman–Crippen LogP) is 4.81. The number of rotatable bonds is 5. The summed E-state index contributed by atoms with van der Waals surface area (Å²) in [4.78, 5) is 0. The fraction of sp³-hybridized carbons (Fsp3) is 0.250. The summed E-state index contributed by atoms with van der Waals surface area (Å²) in [6.45, 7) is 2.63. The first-order valence-corrected chi connectivity index (χ1v) is 7.67. The van der Waals surface area contributed by atoms with Crippen LogP contribution in [0.15, 0.2) is 46.9 Å². The van der Waals surface area contributed by atoms with Crippen molar-refractivity contribution in [3.63, 3.8) is 0 Å². The predicted molar refractivity (Wildman–Crippen MR) is 87.7 cm³/mol. The molecule has 2 rings (SSSR count). The number of nitrogens with one attached hydrogen (secondary N) is 1. The molecule has 20 heavy (non-hydrogen) atoms. The summed E-state index contributed by atoms with van der Waals surface area (Å²) in [5.41, 5.74) is 2.20. The minimum absolute atomic E-state index is 0.0350. The van der Waals surface area contributed by atoms with Crippen LogP contribution in [0.3, 0.4) is 0 Å². The summed E-state index contributed by atoms with van der Waals surface area (Å²) in [6, 6.07) is 13.9. The zero-order valence-electron chi connectivity index (χ0n) is 11.5. The second-order valence-corrected chi connectivity index (χ2v) is 5.74. The maximum atomic E-state index is 6.10. The Hall–Kier alpha value is -1.03. The van der Waals surface area contributed by atoms with Crippen LogP contribution in [-0.4, -0.2) is 13.7 Å². The van der Waals surface area contributed by atoms with Gasteiger partial charge in [-0.3, -0.25) is 0 Å². The number of hydrogen-bond acceptors (Lipinski definition) is 2. The molecule has 0 bridgehead atoms. The molecule has 0 aliphatic carbocycles. The van der Waals surface area contributed by atoms with Crippen LogP contribution in [-0.2, 0) is 0 Å². The summed E-state index contributed by atoms with van der Waals surface area (Å²) < 4.78 is 6.76. The molecule has 2 aromatic carbocycles. The molecule has 0 saturated heterocycles. The van der Waals surface area contributed by atoms with Crippen LogP contribution in [0.4, 0.5) is 0 Å². The Balaban J connectivity index is 2.48. The molecular formula is C16H17BrClNO. The minimum atomic E-state index is 0.0350. The molecule has 4 heteroatoms. The van der Waals surface area contributed by atoms with Crippen LogP contribution in [0, 0.1) is 0 Å². The average Bonchev–Trinajstić information content (AvgIpc) is 2.43. The Bertz CT molecular complexity index is 588. The molecule has 2 aromatic rings. The van der Waals surface area contributed by atoms with Gasteiger partial charge in [0.2, 0.25) is 0 Å². The zero-order valence-corrected chi connectivity index (χ0v) is 13.8. The van der Waals surface area contributed by atoms with Gasteiger partial charge in [0.05, 0.1) is 12.6 Å². The zero-order chi connectivity index (χ0) is 14.5. The van der Waals surface area contributed by atoms with Crippen LogP contribution in [0.25, 0.3) is 0 Å². The van der Waals surface area contributed by atoms with Gasteiger partial charge in [-0.2, -0.15) is 0 Å². The van der Waals surface area contributed by atoms with Gasteiger partial charge in [0.1, 0.15) is 5.75 Å². The van der Waals surface area contributed by atoms with E-state index in [0.29, 0.717) is 6.61 Å². The molecule has 0 aromatic heterocycles. The summed E-state index contributed by atoms with van der Waals surface area (Å²) in [7, 11) is 1.93. The third-order valence-corrected chi connectivity index (χ3v) is 3.78. The van der Waals surface area contributed by atoms with E-state index in [1.54, 1.807) is 0 Å². The molecule has 0 saturated carbocycles. The van der Waals surface area contributed by atoms with Gasteiger partial charge in [0, 0.05) is 15.1 Å². The number of ether oxygens (including phenoxy) is 1. The molecule has 0 amide bonds. The lowest BCUT2D eigenvalue weighted by molar-refractivity contribution is 0.334. The highest BCUT2D eigenvalue weighted by Gasteiger charge is 2.17. The molecule has 1 unspecified atom stereocenters. The van der Waals surface area contributed by atoms with Crippen LogP contribution in [0.2, 0.25) is 5.02 Å². The number of hydrogen-bond donors (Lipinski definition) is 1. The van der Waals surface area contributed by atoms with E-state index >= 15 is 0 Å². The van der Waals surface area contributed by atoms with Crippen molar-refractivity contribution in [1.82, 2.24) is 5.32 Å². The van der Waals surface area contributed by atoms with Gasteiger partial charge in [-0.15, -0.1) is 0 Å². The number of benzene rings is 2. The monoisotopic (exact) mass is 353 g/mol. The van der Waals surface area contributed by atoms with Crippen molar-refractivity contribution < 1.29 is 4.74 Å². The summed E-state index contributed by atoms with van der Waals surface area (Å²) in [5.74, 6) is 0.884. The van der Waals surface area contributed by atoms with Crippen LogP contribution in [0.1, 0.15) is 24.1 Å². The van der Waals surface area contributed by atoms with E-state index in [-0.39, 0.29) is 6.04 Å². The van der Waals surface area contributed by atoms with Gasteiger partial charge in [-0.1, -0.05) is 39.7 Å². The van der Waals surface area contributed by atoms with Gasteiger partial charge in [0.25, 0.3) is 0 Å². The molecule has 106 valence electrons. The second-order valence-electron chi connectivity index (χ2n) is 4.39. The van der Waals surface area contributed by atoms with Crippen molar-refractivity contribution in [3.8, 4) is 5.75 Å². The van der Waals surface area contributed by atoms with Crippen molar-refractivity contribution in [1.29, 1.82) is 0 Å². The van der Waals surface area contributed by atoms with Crippen LogP contribution >= 0.6 is 27.5 Å². The minimum Gasteiger partial charge on any atom is -0.494 e. The lowest BCUT2D eigenvalue weighted by atomic mass is 9.98. The molecule has 0 aliphatic heterocycles. The summed E-state index contributed by atoms with van der Waals surface area (Å²) >= 11 is 9.62. The Morgan fingerprint density at radius 2 is 2.05 bits per heavy atom. The van der Waals surface area contributed by atoms with Crippen LogP contribution < -0.4 is 10.1 Å². The molecule has 1 atom stereocenters. The highest BCUT2D eigenvalue weighted by Crippen LogP contribution is 2.33. The molecule has 0 fully saturated rings. The lowest BCUT2D eigenvalue weighted by Gasteiger charge is -2.21. The van der Waals surface area contributed by atoms with Crippen molar-refractivity contribution in [2.75, 3.05) is 13.7 Å². The molecule has 0 spiro atoms. The maximum absolute atomic E-state index is 6.10. The van der Waals surface area contributed by atoms with E-state index < -0.39 is 0 Å². The van der Waals surface area contributed by atoms with Gasteiger partial charge in [0.15, 0.2) is 0 Å². The van der Waals surface area contributed by atoms with Gasteiger partial charge >= 0.3 is 0 Å². The Morgan fingerprint density at radius 1 is 1.25 bits per heavy atom. The lowest BCUT2D eigenvalue weighted by Crippen LogP contribution is -2.18. The van der Waals surface area contributed by atoms with E-state index in [2.05, 4.69) is 33.4 Å². The fourth-order valence-corrected chi connectivity index (χ4v) is 2.80. The fourth-order valence-electron chi connectivity index (χ4n) is 2.22. The third-order valence-electron chi connectivity index (χ3n) is 3.05. The van der Waals surface area contributed by atoms with E-state index in [1.165, 1.54) is 0 Å². The quantitative estimate of drug-likeness (QED) is 0.832. The molecular weight excluding hydrogens is 338 g/mol. The Kier molecular flexibility index (Phi) is 5.46. The Labute approximate surface area is 133 Å². The molecule has 0 aliphatic rings. The highest BCUT2D eigenvalue weighted by atomic mass is 79.9. The van der Waals surface area contributed by atoms with Crippen molar-refractivity contribution in [2.24, 2.45) is 0 Å². The average molecular weight is 355 g/mol. The maximum Gasteiger partial charge on any atom is 0.124 e. The summed E-state index contributed by atoms with van der Waals surface area (Å²) in [5, 5.41) is 4.06. The largest absolute Gasteiger partial charge is 0.494 e. The second kappa shape index (κ2) is 7.11. The first-order valence-electron chi connectivity index (χ1n) is 6.50. The topological polar surface area (TPSA) is 21.3 Å².